The van der Waals surface area contributed by atoms with Crippen LogP contribution in [0.2, 0.25) is 0 Å². The Morgan fingerprint density at radius 3 is 2.60 bits per heavy atom. The molecule has 104 valence electrons. The van der Waals surface area contributed by atoms with Gasteiger partial charge in [0.25, 0.3) is 0 Å². The fraction of sp³-hybridized carbons (Fsp3) is 0.214. The second-order valence-electron chi connectivity index (χ2n) is 4.10. The first-order valence-corrected chi connectivity index (χ1v) is 6.20. The number of aliphatic carboxylic acids is 1. The van der Waals surface area contributed by atoms with E-state index in [1.165, 1.54) is 0 Å². The first-order valence-electron chi connectivity index (χ1n) is 6.20. The van der Waals surface area contributed by atoms with Gasteiger partial charge >= 0.3 is 5.97 Å². The fourth-order valence-corrected chi connectivity index (χ4v) is 1.52. The molecule has 2 aromatic rings. The van der Waals surface area contributed by atoms with Gasteiger partial charge in [-0.3, -0.25) is 4.79 Å². The van der Waals surface area contributed by atoms with E-state index in [4.69, 9.17) is 9.84 Å². The molecular formula is C14H15N3O3. The topological polar surface area (TPSA) is 84.3 Å². The van der Waals surface area contributed by atoms with Crippen LogP contribution in [0, 0.1) is 0 Å². The predicted octanol–water partition coefficient (Wildman–Crippen LogP) is 1.94. The highest BCUT2D eigenvalue weighted by molar-refractivity contribution is 5.67. The molecule has 1 aromatic heterocycles. The lowest BCUT2D eigenvalue weighted by Gasteiger charge is -2.06. The average Bonchev–Trinajstić information content (AvgIpc) is 2.47. The second kappa shape index (κ2) is 7.08. The number of carbonyl (C=O) groups is 1. The Kier molecular flexibility index (Phi) is 4.88. The van der Waals surface area contributed by atoms with Crippen LogP contribution in [0.5, 0.6) is 5.88 Å². The normalized spacial score (nSPS) is 10.0. The minimum absolute atomic E-state index is 0.0357. The van der Waals surface area contributed by atoms with E-state index in [2.05, 4.69) is 15.5 Å². The lowest BCUT2D eigenvalue weighted by atomic mass is 10.2. The third-order valence-corrected chi connectivity index (χ3v) is 2.51. The van der Waals surface area contributed by atoms with Crippen molar-refractivity contribution in [2.75, 3.05) is 11.9 Å². The molecule has 0 radical (unpaired) electrons. The standard InChI is InChI=1S/C14H15N3O3/c18-14(19)8-9-15-12-6-7-13(17-16-12)20-10-11-4-2-1-3-5-11/h1-7H,8-10H2,(H,15,16)(H,18,19). The van der Waals surface area contributed by atoms with Crippen LogP contribution in [0.4, 0.5) is 5.82 Å². The van der Waals surface area contributed by atoms with Crippen LogP contribution in [-0.2, 0) is 11.4 Å². The van der Waals surface area contributed by atoms with E-state index in [0.29, 0.717) is 24.8 Å². The Morgan fingerprint density at radius 2 is 1.95 bits per heavy atom. The van der Waals surface area contributed by atoms with E-state index < -0.39 is 5.97 Å². The minimum Gasteiger partial charge on any atom is -0.481 e. The van der Waals surface area contributed by atoms with Gasteiger partial charge in [-0.15, -0.1) is 10.2 Å². The molecule has 0 amide bonds. The van der Waals surface area contributed by atoms with Crippen LogP contribution in [0.15, 0.2) is 42.5 Å². The smallest absolute Gasteiger partial charge is 0.305 e. The average molecular weight is 273 g/mol. The Bertz CT molecular complexity index is 543. The molecule has 0 aliphatic carbocycles. The maximum atomic E-state index is 10.4. The summed E-state index contributed by atoms with van der Waals surface area (Å²) in [5.74, 6) is 0.101. The highest BCUT2D eigenvalue weighted by atomic mass is 16.5. The number of benzene rings is 1. The first-order chi connectivity index (χ1) is 9.74. The van der Waals surface area contributed by atoms with Crippen molar-refractivity contribution < 1.29 is 14.6 Å². The van der Waals surface area contributed by atoms with Crippen molar-refractivity contribution >= 4 is 11.8 Å². The van der Waals surface area contributed by atoms with Gasteiger partial charge in [-0.25, -0.2) is 0 Å². The molecule has 1 aromatic carbocycles. The molecule has 2 rings (SSSR count). The Labute approximate surface area is 116 Å². The number of carboxylic acids is 1. The van der Waals surface area contributed by atoms with E-state index in [1.807, 2.05) is 30.3 Å². The zero-order chi connectivity index (χ0) is 14.2. The molecule has 0 aliphatic rings. The molecule has 1 heterocycles. The molecular weight excluding hydrogens is 258 g/mol. The highest BCUT2D eigenvalue weighted by Gasteiger charge is 2.01. The summed E-state index contributed by atoms with van der Waals surface area (Å²) in [5, 5.41) is 19.2. The van der Waals surface area contributed by atoms with Gasteiger partial charge in [0.15, 0.2) is 0 Å². The Hall–Kier alpha value is -2.63. The molecule has 20 heavy (non-hydrogen) atoms. The van der Waals surface area contributed by atoms with Crippen LogP contribution in [0.1, 0.15) is 12.0 Å². The molecule has 0 unspecified atom stereocenters. The largest absolute Gasteiger partial charge is 0.481 e. The first kappa shape index (κ1) is 13.8. The molecule has 0 spiro atoms. The molecule has 0 atom stereocenters. The SMILES string of the molecule is O=C(O)CCNc1ccc(OCc2ccccc2)nn1. The molecule has 6 nitrogen and oxygen atoms in total. The number of anilines is 1. The van der Waals surface area contributed by atoms with Crippen LogP contribution in [0.25, 0.3) is 0 Å². The van der Waals surface area contributed by atoms with Crippen molar-refractivity contribution in [3.05, 3.63) is 48.0 Å². The third-order valence-electron chi connectivity index (χ3n) is 2.51. The number of ether oxygens (including phenoxy) is 1. The van der Waals surface area contributed by atoms with Gasteiger partial charge in [-0.05, 0) is 11.6 Å². The van der Waals surface area contributed by atoms with Gasteiger partial charge < -0.3 is 15.2 Å². The summed E-state index contributed by atoms with van der Waals surface area (Å²) in [4.78, 5) is 10.4. The summed E-state index contributed by atoms with van der Waals surface area (Å²) in [7, 11) is 0. The monoisotopic (exact) mass is 273 g/mol. The van der Waals surface area contributed by atoms with Crippen molar-refractivity contribution in [1.29, 1.82) is 0 Å². The zero-order valence-corrected chi connectivity index (χ0v) is 10.8. The predicted molar refractivity (Wildman–Crippen MR) is 73.5 cm³/mol. The van der Waals surface area contributed by atoms with E-state index in [-0.39, 0.29) is 6.42 Å². The molecule has 0 bridgehead atoms. The maximum Gasteiger partial charge on any atom is 0.305 e. The summed E-state index contributed by atoms with van der Waals surface area (Å²) in [6, 6.07) is 13.2. The summed E-state index contributed by atoms with van der Waals surface area (Å²) in [6.45, 7) is 0.746. The van der Waals surface area contributed by atoms with Crippen LogP contribution in [-0.4, -0.2) is 27.8 Å². The van der Waals surface area contributed by atoms with E-state index in [1.54, 1.807) is 12.1 Å². The lowest BCUT2D eigenvalue weighted by Crippen LogP contribution is -2.09. The second-order valence-corrected chi connectivity index (χ2v) is 4.10. The zero-order valence-electron chi connectivity index (χ0n) is 10.8. The highest BCUT2D eigenvalue weighted by Crippen LogP contribution is 2.10. The van der Waals surface area contributed by atoms with E-state index in [0.717, 1.165) is 5.56 Å². The molecule has 0 fully saturated rings. The summed E-state index contributed by atoms with van der Waals surface area (Å²) in [6.07, 6.45) is 0.0357. The summed E-state index contributed by atoms with van der Waals surface area (Å²) >= 11 is 0. The third kappa shape index (κ3) is 4.56. The van der Waals surface area contributed by atoms with Gasteiger partial charge in [-0.2, -0.15) is 0 Å². The Morgan fingerprint density at radius 1 is 1.15 bits per heavy atom. The fourth-order valence-electron chi connectivity index (χ4n) is 1.52. The van der Waals surface area contributed by atoms with Crippen molar-refractivity contribution in [2.45, 2.75) is 13.0 Å². The van der Waals surface area contributed by atoms with Gasteiger partial charge in [0, 0.05) is 12.6 Å². The van der Waals surface area contributed by atoms with Crippen molar-refractivity contribution in [3.63, 3.8) is 0 Å². The van der Waals surface area contributed by atoms with Crippen LogP contribution >= 0.6 is 0 Å². The Balaban J connectivity index is 1.81. The van der Waals surface area contributed by atoms with E-state index >= 15 is 0 Å². The molecule has 2 N–H and O–H groups in total. The van der Waals surface area contributed by atoms with E-state index in [9.17, 15) is 4.79 Å². The van der Waals surface area contributed by atoms with Crippen LogP contribution in [0.3, 0.4) is 0 Å². The minimum atomic E-state index is -0.853. The number of carboxylic acid groups (broad SMARTS) is 1. The lowest BCUT2D eigenvalue weighted by molar-refractivity contribution is -0.136. The number of hydrogen-bond acceptors (Lipinski definition) is 5. The number of hydrogen-bond donors (Lipinski definition) is 2. The van der Waals surface area contributed by atoms with Gasteiger partial charge in [0.2, 0.25) is 5.88 Å². The van der Waals surface area contributed by atoms with Gasteiger partial charge in [0.1, 0.15) is 12.4 Å². The van der Waals surface area contributed by atoms with Gasteiger partial charge in [-0.1, -0.05) is 30.3 Å². The quantitative estimate of drug-likeness (QED) is 0.802. The number of aromatic nitrogens is 2. The van der Waals surface area contributed by atoms with Crippen molar-refractivity contribution in [1.82, 2.24) is 10.2 Å². The molecule has 0 aliphatic heterocycles. The number of rotatable bonds is 7. The molecule has 6 heteroatoms. The van der Waals surface area contributed by atoms with Crippen LogP contribution < -0.4 is 10.1 Å². The summed E-state index contributed by atoms with van der Waals surface area (Å²) in [5.41, 5.74) is 1.05. The van der Waals surface area contributed by atoms with Gasteiger partial charge in [0.05, 0.1) is 6.42 Å². The van der Waals surface area contributed by atoms with Crippen molar-refractivity contribution in [3.8, 4) is 5.88 Å². The molecule has 0 saturated carbocycles. The van der Waals surface area contributed by atoms with Crippen molar-refractivity contribution in [2.24, 2.45) is 0 Å². The number of nitrogens with zero attached hydrogens (tertiary/aromatic N) is 2. The maximum absolute atomic E-state index is 10.4. The summed E-state index contributed by atoms with van der Waals surface area (Å²) < 4.78 is 5.49. The molecule has 0 saturated heterocycles. The number of nitrogens with one attached hydrogen (secondary N) is 1.